The predicted molar refractivity (Wildman–Crippen MR) is 167 cm³/mol. The minimum atomic E-state index is -3.29. The van der Waals surface area contributed by atoms with E-state index in [2.05, 4.69) is 16.0 Å². The molecule has 0 unspecified atom stereocenters. The summed E-state index contributed by atoms with van der Waals surface area (Å²) in [5.74, 6) is -0.121. The molecular weight excluding hydrogens is 554 g/mol. The summed E-state index contributed by atoms with van der Waals surface area (Å²) in [6.45, 7) is 7.15. The number of allylic oxidation sites excluding steroid dienone is 1. The fraction of sp³-hybridized carbons (Fsp3) is 0.258. The lowest BCUT2D eigenvalue weighted by molar-refractivity contribution is -0.115. The number of fused-ring (bicyclic) bond motifs is 2. The number of para-hydroxylation sites is 1. The number of carbonyl (C=O) groups is 3. The van der Waals surface area contributed by atoms with E-state index in [1.54, 1.807) is 41.3 Å². The molecule has 0 saturated carbocycles. The first kappa shape index (κ1) is 30.3. The summed E-state index contributed by atoms with van der Waals surface area (Å²) in [5, 5.41) is 8.81. The van der Waals surface area contributed by atoms with E-state index in [1.165, 1.54) is 11.4 Å². The van der Waals surface area contributed by atoms with Gasteiger partial charge in [-0.2, -0.15) is 0 Å². The van der Waals surface area contributed by atoms with Gasteiger partial charge in [0.05, 0.1) is 23.9 Å². The van der Waals surface area contributed by atoms with Crippen LogP contribution in [0.2, 0.25) is 0 Å². The van der Waals surface area contributed by atoms with Crippen molar-refractivity contribution in [2.75, 3.05) is 46.6 Å². The fourth-order valence-electron chi connectivity index (χ4n) is 4.77. The molecule has 0 saturated heterocycles. The Kier molecular flexibility index (Phi) is 9.01. The van der Waals surface area contributed by atoms with Crippen molar-refractivity contribution < 1.29 is 22.8 Å². The second kappa shape index (κ2) is 12.5. The number of carbonyl (C=O) groups excluding carboxylic acids is 3. The second-order valence-corrected chi connectivity index (χ2v) is 12.0. The summed E-state index contributed by atoms with van der Waals surface area (Å²) < 4.78 is 24.4. The molecule has 3 aromatic carbocycles. The predicted octanol–water partition coefficient (Wildman–Crippen LogP) is 4.54. The maximum absolute atomic E-state index is 12.2. The number of amides is 3. The molecule has 0 atom stereocenters. The fourth-order valence-corrected chi connectivity index (χ4v) is 5.28. The summed E-state index contributed by atoms with van der Waals surface area (Å²) in [5.41, 5.74) is 6.73. The number of hydrogen-bond donors (Lipinski definition) is 3. The van der Waals surface area contributed by atoms with Crippen LogP contribution in [0, 0.1) is 0 Å². The Labute approximate surface area is 246 Å². The highest BCUT2D eigenvalue weighted by molar-refractivity contribution is 7.92. The molecule has 3 amide bonds. The average Bonchev–Trinajstić information content (AvgIpc) is 3.50. The molecule has 0 bridgehead atoms. The molecule has 2 heterocycles. The molecule has 11 heteroatoms. The summed E-state index contributed by atoms with van der Waals surface area (Å²) in [4.78, 5) is 37.3. The van der Waals surface area contributed by atoms with Crippen LogP contribution in [0.3, 0.4) is 0 Å². The third-order valence-electron chi connectivity index (χ3n) is 7.13. The maximum Gasteiger partial charge on any atom is 0.258 e. The van der Waals surface area contributed by atoms with Gasteiger partial charge in [-0.15, -0.1) is 0 Å². The number of nitrogens with zero attached hydrogens (tertiary/aromatic N) is 2. The van der Waals surface area contributed by atoms with Gasteiger partial charge in [0.15, 0.2) is 0 Å². The van der Waals surface area contributed by atoms with Crippen LogP contribution in [0.4, 0.5) is 22.7 Å². The number of nitrogens with one attached hydrogen (secondary N) is 3. The summed E-state index contributed by atoms with van der Waals surface area (Å²) in [7, 11) is -1.79. The number of hydrogen-bond acceptors (Lipinski definition) is 6. The first-order chi connectivity index (χ1) is 19.9. The van der Waals surface area contributed by atoms with Crippen molar-refractivity contribution in [3.05, 3.63) is 89.1 Å². The van der Waals surface area contributed by atoms with Gasteiger partial charge in [-0.05, 0) is 74.9 Å². The lowest BCUT2D eigenvalue weighted by Crippen LogP contribution is -2.30. The highest BCUT2D eigenvalue weighted by Gasteiger charge is 2.26. The maximum atomic E-state index is 12.2. The number of benzene rings is 3. The van der Waals surface area contributed by atoms with Gasteiger partial charge >= 0.3 is 0 Å². The summed E-state index contributed by atoms with van der Waals surface area (Å²) in [6, 6.07) is 19.9. The van der Waals surface area contributed by atoms with Crippen molar-refractivity contribution in [1.82, 2.24) is 4.90 Å². The van der Waals surface area contributed by atoms with Crippen LogP contribution < -0.4 is 20.3 Å². The van der Waals surface area contributed by atoms with E-state index >= 15 is 0 Å². The third-order valence-corrected chi connectivity index (χ3v) is 8.34. The zero-order chi connectivity index (χ0) is 30.6. The van der Waals surface area contributed by atoms with Gasteiger partial charge in [-0.1, -0.05) is 18.2 Å². The standard InChI is InChI=1S/C18H19N3O3S.C13H16N2O2/c1-12(17-15-6-4-5-7-16(15)20-18(17)22)19-13-8-10-14(11-9-13)21(2)25(3,23)24;1-3-15(4-2)13(17)9-5-6-11-10(7-9)8-12(16)14-11/h4-11,19H,1-3H3,(H,20,22);5-7H,3-4,8H2,1-2H3,(H,14,16). The molecule has 42 heavy (non-hydrogen) atoms. The molecule has 220 valence electrons. The lowest BCUT2D eigenvalue weighted by Gasteiger charge is -2.18. The number of sulfonamides is 1. The molecular formula is C31H35N5O5S. The Morgan fingerprint density at radius 2 is 1.60 bits per heavy atom. The molecule has 0 aromatic heterocycles. The first-order valence-corrected chi connectivity index (χ1v) is 15.4. The van der Waals surface area contributed by atoms with Gasteiger partial charge in [0.1, 0.15) is 0 Å². The van der Waals surface area contributed by atoms with E-state index in [0.717, 1.165) is 40.1 Å². The van der Waals surface area contributed by atoms with Crippen molar-refractivity contribution >= 4 is 56.1 Å². The Morgan fingerprint density at radius 3 is 2.24 bits per heavy atom. The van der Waals surface area contributed by atoms with Crippen LogP contribution in [0.1, 0.15) is 42.3 Å². The molecule has 3 N–H and O–H groups in total. The van der Waals surface area contributed by atoms with E-state index in [4.69, 9.17) is 0 Å². The highest BCUT2D eigenvalue weighted by Crippen LogP contribution is 2.34. The molecule has 5 rings (SSSR count). The van der Waals surface area contributed by atoms with Gasteiger partial charge in [0.2, 0.25) is 15.9 Å². The normalized spacial score (nSPS) is 14.5. The quantitative estimate of drug-likeness (QED) is 0.347. The van der Waals surface area contributed by atoms with Crippen LogP contribution in [-0.2, 0) is 26.0 Å². The van der Waals surface area contributed by atoms with Crippen molar-refractivity contribution in [3.63, 3.8) is 0 Å². The van der Waals surface area contributed by atoms with Crippen molar-refractivity contribution in [1.29, 1.82) is 0 Å². The number of rotatable bonds is 7. The van der Waals surface area contributed by atoms with Gasteiger partial charge < -0.3 is 20.9 Å². The van der Waals surface area contributed by atoms with Crippen LogP contribution in [0.15, 0.2) is 72.4 Å². The minimum absolute atomic E-state index is 0.00700. The van der Waals surface area contributed by atoms with Gasteiger partial charge in [-0.25, -0.2) is 8.42 Å². The molecule has 0 aliphatic carbocycles. The van der Waals surface area contributed by atoms with Gasteiger partial charge in [-0.3, -0.25) is 18.7 Å². The smallest absolute Gasteiger partial charge is 0.258 e. The Bertz CT molecular complexity index is 1660. The van der Waals surface area contributed by atoms with Crippen LogP contribution in [0.25, 0.3) is 5.57 Å². The SMILES string of the molecule is CC(Nc1ccc(N(C)S(C)(=O)=O)cc1)=C1C(=O)Nc2ccccc21.CCN(CC)C(=O)c1ccc2c(c1)CC(=O)N2. The average molecular weight is 590 g/mol. The first-order valence-electron chi connectivity index (χ1n) is 13.6. The van der Waals surface area contributed by atoms with E-state index in [-0.39, 0.29) is 17.7 Å². The van der Waals surface area contributed by atoms with Crippen molar-refractivity contribution in [3.8, 4) is 0 Å². The molecule has 2 aliphatic heterocycles. The minimum Gasteiger partial charge on any atom is -0.358 e. The summed E-state index contributed by atoms with van der Waals surface area (Å²) >= 11 is 0. The highest BCUT2D eigenvalue weighted by atomic mass is 32.2. The molecule has 0 spiro atoms. The van der Waals surface area contributed by atoms with Gasteiger partial charge in [0.25, 0.3) is 11.8 Å². The Hall–Kier alpha value is -4.64. The monoisotopic (exact) mass is 589 g/mol. The second-order valence-electron chi connectivity index (χ2n) is 9.98. The van der Waals surface area contributed by atoms with E-state index in [1.807, 2.05) is 51.1 Å². The molecule has 10 nitrogen and oxygen atoms in total. The third kappa shape index (κ3) is 6.63. The molecule has 3 aromatic rings. The van der Waals surface area contributed by atoms with Crippen LogP contribution in [-0.4, -0.2) is 57.4 Å². The molecule has 0 fully saturated rings. The van der Waals surface area contributed by atoms with E-state index < -0.39 is 10.0 Å². The zero-order valence-electron chi connectivity index (χ0n) is 24.3. The topological polar surface area (TPSA) is 128 Å². The summed E-state index contributed by atoms with van der Waals surface area (Å²) in [6.07, 6.45) is 1.53. The van der Waals surface area contributed by atoms with Crippen LogP contribution in [0.5, 0.6) is 0 Å². The van der Waals surface area contributed by atoms with Crippen molar-refractivity contribution in [2.45, 2.75) is 27.2 Å². The Balaban J connectivity index is 0.000000208. The molecule has 0 radical (unpaired) electrons. The van der Waals surface area contributed by atoms with Crippen molar-refractivity contribution in [2.24, 2.45) is 0 Å². The van der Waals surface area contributed by atoms with E-state index in [9.17, 15) is 22.8 Å². The Morgan fingerprint density at radius 1 is 0.929 bits per heavy atom. The zero-order valence-corrected chi connectivity index (χ0v) is 25.1. The van der Waals surface area contributed by atoms with Crippen LogP contribution >= 0.6 is 0 Å². The lowest BCUT2D eigenvalue weighted by atomic mass is 10.1. The largest absolute Gasteiger partial charge is 0.358 e. The van der Waals surface area contributed by atoms with E-state index in [0.29, 0.717) is 36.3 Å². The number of anilines is 4. The molecule has 2 aliphatic rings. The van der Waals surface area contributed by atoms with Gasteiger partial charge in [0, 0.05) is 54.0 Å².